The number of carboxylic acids is 1. The fourth-order valence-corrected chi connectivity index (χ4v) is 3.80. The molecule has 0 amide bonds. The van der Waals surface area contributed by atoms with Gasteiger partial charge in [-0.3, -0.25) is 4.79 Å². The minimum absolute atomic E-state index is 0.0416. The van der Waals surface area contributed by atoms with Gasteiger partial charge in [-0.25, -0.2) is 4.79 Å². The van der Waals surface area contributed by atoms with Crippen LogP contribution in [0.4, 0.5) is 5.69 Å². The summed E-state index contributed by atoms with van der Waals surface area (Å²) >= 11 is 0. The maximum Gasteiger partial charge on any atom is 0.336 e. The summed E-state index contributed by atoms with van der Waals surface area (Å²) in [6.45, 7) is 3.93. The average molecular weight is 414 g/mol. The van der Waals surface area contributed by atoms with Gasteiger partial charge < -0.3 is 20.7 Å². The molecule has 0 fully saturated rings. The van der Waals surface area contributed by atoms with Crippen molar-refractivity contribution < 1.29 is 19.1 Å². The fourth-order valence-electron chi connectivity index (χ4n) is 3.80. The highest BCUT2D eigenvalue weighted by Crippen LogP contribution is 2.42. The normalized spacial score (nSPS) is 11.3. The molecule has 4 rings (SSSR count). The Balaban J connectivity index is 2.10. The van der Waals surface area contributed by atoms with Crippen LogP contribution in [0.1, 0.15) is 41.0 Å². The van der Waals surface area contributed by atoms with E-state index in [0.29, 0.717) is 51.1 Å². The SMILES string of the molecule is CC(C)CC(=O)c1ccc(C(=O)O)c(-c2c3ccc(=N)cc-3oc3cc(N)ccc23)c1. The second-order valence-corrected chi connectivity index (χ2v) is 8.03. The molecule has 4 N–H and O–H groups in total. The number of hydrogen-bond acceptors (Lipinski definition) is 5. The molecule has 0 spiro atoms. The molecule has 0 atom stereocenters. The molecule has 6 nitrogen and oxygen atoms in total. The lowest BCUT2D eigenvalue weighted by Gasteiger charge is -2.18. The maximum absolute atomic E-state index is 12.7. The van der Waals surface area contributed by atoms with Crippen molar-refractivity contribution in [2.24, 2.45) is 5.92 Å². The molecule has 0 aromatic heterocycles. The van der Waals surface area contributed by atoms with E-state index in [1.54, 1.807) is 48.5 Å². The summed E-state index contributed by atoms with van der Waals surface area (Å²) in [4.78, 5) is 24.8. The van der Waals surface area contributed by atoms with E-state index in [-0.39, 0.29) is 22.6 Å². The van der Waals surface area contributed by atoms with E-state index >= 15 is 0 Å². The monoisotopic (exact) mass is 414 g/mol. The number of benzene rings is 3. The van der Waals surface area contributed by atoms with Crippen LogP contribution in [-0.4, -0.2) is 16.9 Å². The molecule has 0 saturated carbocycles. The first kappa shape index (κ1) is 20.3. The van der Waals surface area contributed by atoms with E-state index in [2.05, 4.69) is 0 Å². The summed E-state index contributed by atoms with van der Waals surface area (Å²) in [6, 6.07) is 14.8. The Morgan fingerprint density at radius 2 is 1.81 bits per heavy atom. The lowest BCUT2D eigenvalue weighted by atomic mass is 9.88. The first-order valence-corrected chi connectivity index (χ1v) is 9.96. The number of ketones is 1. The maximum atomic E-state index is 12.7. The van der Waals surface area contributed by atoms with E-state index in [4.69, 9.17) is 15.6 Å². The molecule has 6 heteroatoms. The summed E-state index contributed by atoms with van der Waals surface area (Å²) in [5.41, 5.74) is 9.18. The lowest BCUT2D eigenvalue weighted by Crippen LogP contribution is -2.07. The Morgan fingerprint density at radius 3 is 2.52 bits per heavy atom. The molecule has 1 aliphatic heterocycles. The van der Waals surface area contributed by atoms with Crippen molar-refractivity contribution in [3.8, 4) is 22.5 Å². The zero-order valence-electron chi connectivity index (χ0n) is 17.2. The van der Waals surface area contributed by atoms with Crippen LogP contribution >= 0.6 is 0 Å². The predicted octanol–water partition coefficient (Wildman–Crippen LogP) is 5.19. The van der Waals surface area contributed by atoms with Gasteiger partial charge in [0.25, 0.3) is 0 Å². The van der Waals surface area contributed by atoms with E-state index in [1.165, 1.54) is 6.07 Å². The number of rotatable bonds is 5. The Morgan fingerprint density at radius 1 is 1.03 bits per heavy atom. The van der Waals surface area contributed by atoms with Crippen LogP contribution in [0, 0.1) is 11.3 Å². The molecule has 1 aliphatic carbocycles. The quantitative estimate of drug-likeness (QED) is 0.236. The molecule has 0 bridgehead atoms. The molecular weight excluding hydrogens is 392 g/mol. The van der Waals surface area contributed by atoms with Crippen molar-refractivity contribution in [3.05, 3.63) is 71.1 Å². The number of carbonyl (C=O) groups is 2. The van der Waals surface area contributed by atoms with Gasteiger partial charge in [-0.1, -0.05) is 19.9 Å². The number of nitrogens with one attached hydrogen (secondary N) is 1. The Hall–Kier alpha value is -3.93. The van der Waals surface area contributed by atoms with Crippen LogP contribution in [0.15, 0.2) is 59.0 Å². The molecule has 1 heterocycles. The van der Waals surface area contributed by atoms with E-state index in [1.807, 2.05) is 13.8 Å². The van der Waals surface area contributed by atoms with Gasteiger partial charge in [-0.05, 0) is 47.9 Å². The van der Waals surface area contributed by atoms with Crippen molar-refractivity contribution in [1.29, 1.82) is 5.41 Å². The molecular formula is C25H22N2O4. The predicted molar refractivity (Wildman–Crippen MR) is 119 cm³/mol. The molecule has 31 heavy (non-hydrogen) atoms. The number of fused-ring (bicyclic) bond motifs is 2. The van der Waals surface area contributed by atoms with Crippen molar-refractivity contribution in [2.45, 2.75) is 20.3 Å². The van der Waals surface area contributed by atoms with Crippen LogP contribution in [0.5, 0.6) is 0 Å². The number of aromatic carboxylic acids is 1. The van der Waals surface area contributed by atoms with Gasteiger partial charge in [-0.15, -0.1) is 0 Å². The highest BCUT2D eigenvalue weighted by molar-refractivity contribution is 6.09. The van der Waals surface area contributed by atoms with Crippen LogP contribution in [-0.2, 0) is 0 Å². The number of Topliss-reactive ketones (excluding diaryl/α,β-unsaturated/α-hetero) is 1. The largest absolute Gasteiger partial charge is 0.478 e. The summed E-state index contributed by atoms with van der Waals surface area (Å²) in [5, 5.41) is 18.8. The zero-order valence-corrected chi connectivity index (χ0v) is 17.2. The van der Waals surface area contributed by atoms with Gasteiger partial charge >= 0.3 is 5.97 Å². The number of nitrogens with two attached hydrogens (primary N) is 1. The molecule has 2 aromatic carbocycles. The minimum atomic E-state index is -1.09. The third-order valence-electron chi connectivity index (χ3n) is 5.18. The lowest BCUT2D eigenvalue weighted by molar-refractivity contribution is 0.0697. The molecule has 0 saturated heterocycles. The van der Waals surface area contributed by atoms with E-state index in [9.17, 15) is 14.7 Å². The number of hydrogen-bond donors (Lipinski definition) is 3. The molecule has 156 valence electrons. The van der Waals surface area contributed by atoms with E-state index < -0.39 is 5.97 Å². The van der Waals surface area contributed by atoms with Crippen LogP contribution in [0.3, 0.4) is 0 Å². The fraction of sp³-hybridized carbons (Fsp3) is 0.160. The summed E-state index contributed by atoms with van der Waals surface area (Å²) in [6.07, 6.45) is 0.371. The van der Waals surface area contributed by atoms with Gasteiger partial charge in [0.1, 0.15) is 11.3 Å². The second-order valence-electron chi connectivity index (χ2n) is 8.03. The van der Waals surface area contributed by atoms with Gasteiger partial charge in [0, 0.05) is 46.3 Å². The molecule has 2 aliphatic rings. The second kappa shape index (κ2) is 7.72. The highest BCUT2D eigenvalue weighted by atomic mass is 16.4. The van der Waals surface area contributed by atoms with Gasteiger partial charge in [-0.2, -0.15) is 0 Å². The highest BCUT2D eigenvalue weighted by Gasteiger charge is 2.23. The van der Waals surface area contributed by atoms with Gasteiger partial charge in [0.2, 0.25) is 0 Å². The van der Waals surface area contributed by atoms with Crippen molar-refractivity contribution in [3.63, 3.8) is 0 Å². The Kier molecular flexibility index (Phi) is 5.07. The summed E-state index contributed by atoms with van der Waals surface area (Å²) in [5.74, 6) is -0.505. The molecule has 0 radical (unpaired) electrons. The summed E-state index contributed by atoms with van der Waals surface area (Å²) in [7, 11) is 0. The van der Waals surface area contributed by atoms with Crippen LogP contribution in [0.2, 0.25) is 0 Å². The number of carbonyl (C=O) groups excluding carboxylic acids is 1. The molecule has 0 unspecified atom stereocenters. The zero-order chi connectivity index (χ0) is 22.3. The number of carboxylic acid groups (broad SMARTS) is 1. The smallest absolute Gasteiger partial charge is 0.336 e. The third-order valence-corrected chi connectivity index (χ3v) is 5.18. The van der Waals surface area contributed by atoms with Gasteiger partial charge in [0.15, 0.2) is 5.78 Å². The van der Waals surface area contributed by atoms with Crippen molar-refractivity contribution in [2.75, 3.05) is 5.73 Å². The van der Waals surface area contributed by atoms with Crippen molar-refractivity contribution in [1.82, 2.24) is 0 Å². The van der Waals surface area contributed by atoms with Crippen LogP contribution < -0.4 is 11.1 Å². The first-order valence-electron chi connectivity index (χ1n) is 9.96. The standard InChI is InChI=1S/C25H22N2O4/c1-13(2)9-21(28)14-3-6-17(25(29)30)20(10-14)24-18-7-4-15(26)11-22(18)31-23-12-16(27)5-8-19(23)24/h3-8,10-13,26H,9,27H2,1-2H3,(H,29,30). The third kappa shape index (κ3) is 3.80. The van der Waals surface area contributed by atoms with Crippen LogP contribution in [0.25, 0.3) is 33.4 Å². The Bertz CT molecular complexity index is 1370. The summed E-state index contributed by atoms with van der Waals surface area (Å²) < 4.78 is 5.99. The Labute approximate surface area is 178 Å². The van der Waals surface area contributed by atoms with Crippen molar-refractivity contribution >= 4 is 28.4 Å². The topological polar surface area (TPSA) is 117 Å². The first-order chi connectivity index (χ1) is 14.7. The minimum Gasteiger partial charge on any atom is -0.478 e. The number of nitrogen functional groups attached to an aromatic ring is 1. The number of anilines is 1. The van der Waals surface area contributed by atoms with Gasteiger partial charge in [0.05, 0.1) is 10.9 Å². The average Bonchev–Trinajstić information content (AvgIpc) is 2.70. The van der Waals surface area contributed by atoms with E-state index in [0.717, 1.165) is 0 Å². The molecule has 2 aromatic rings.